The van der Waals surface area contributed by atoms with Gasteiger partial charge in [-0.3, -0.25) is 0 Å². The number of imidazole rings is 1. The molecule has 72 valence electrons. The van der Waals surface area contributed by atoms with Gasteiger partial charge in [0.05, 0.1) is 12.4 Å². The van der Waals surface area contributed by atoms with Crippen LogP contribution in [0.5, 0.6) is 0 Å². The normalized spacial score (nSPS) is 18.2. The third-order valence-corrected chi connectivity index (χ3v) is 2.41. The van der Waals surface area contributed by atoms with Gasteiger partial charge in [-0.25, -0.2) is 4.98 Å². The van der Waals surface area contributed by atoms with E-state index in [1.165, 1.54) is 25.7 Å². The molecule has 1 aliphatic rings. The summed E-state index contributed by atoms with van der Waals surface area (Å²) in [4.78, 5) is 3.92. The highest BCUT2D eigenvalue weighted by Gasteiger charge is 2.14. The van der Waals surface area contributed by atoms with E-state index in [2.05, 4.69) is 4.98 Å². The number of rotatable bonds is 3. The molecule has 0 aliphatic heterocycles. The summed E-state index contributed by atoms with van der Waals surface area (Å²) in [5.74, 6) is 0.551. The summed E-state index contributed by atoms with van der Waals surface area (Å²) in [5, 5.41) is 0. The molecule has 1 heterocycles. The molecule has 0 atom stereocenters. The van der Waals surface area contributed by atoms with E-state index in [-0.39, 0.29) is 0 Å². The molecular formula is C9H15N3O. The van der Waals surface area contributed by atoms with E-state index in [9.17, 15) is 0 Å². The number of ether oxygens (including phenoxy) is 1. The summed E-state index contributed by atoms with van der Waals surface area (Å²) in [6.45, 7) is 0.578. The monoisotopic (exact) mass is 181 g/mol. The van der Waals surface area contributed by atoms with Crippen LogP contribution in [0.25, 0.3) is 0 Å². The number of hydrogen-bond acceptors (Lipinski definition) is 3. The highest BCUT2D eigenvalue weighted by molar-refractivity contribution is 5.22. The predicted octanol–water partition coefficient (Wildman–Crippen LogP) is 1.38. The molecular weight excluding hydrogens is 166 g/mol. The van der Waals surface area contributed by atoms with Crippen molar-refractivity contribution >= 4 is 5.82 Å². The Morgan fingerprint density at radius 2 is 2.31 bits per heavy atom. The Morgan fingerprint density at radius 1 is 1.54 bits per heavy atom. The van der Waals surface area contributed by atoms with E-state index in [0.717, 1.165) is 0 Å². The minimum atomic E-state index is 0.448. The third kappa shape index (κ3) is 2.21. The van der Waals surface area contributed by atoms with Crippen LogP contribution in [0.15, 0.2) is 12.5 Å². The van der Waals surface area contributed by atoms with Gasteiger partial charge < -0.3 is 15.0 Å². The molecule has 0 radical (unpaired) electrons. The van der Waals surface area contributed by atoms with Crippen molar-refractivity contribution in [3.63, 3.8) is 0 Å². The van der Waals surface area contributed by atoms with E-state index in [0.29, 0.717) is 18.7 Å². The van der Waals surface area contributed by atoms with Crippen LogP contribution >= 0.6 is 0 Å². The average molecular weight is 181 g/mol. The van der Waals surface area contributed by atoms with Gasteiger partial charge in [0.1, 0.15) is 12.5 Å². The fourth-order valence-electron chi connectivity index (χ4n) is 1.69. The maximum atomic E-state index is 5.67. The molecule has 0 spiro atoms. The molecule has 4 nitrogen and oxygen atoms in total. The highest BCUT2D eigenvalue weighted by Crippen LogP contribution is 2.21. The van der Waals surface area contributed by atoms with Crippen molar-refractivity contribution in [3.05, 3.63) is 12.5 Å². The quantitative estimate of drug-likeness (QED) is 0.766. The highest BCUT2D eigenvalue weighted by atomic mass is 16.5. The lowest BCUT2D eigenvalue weighted by molar-refractivity contribution is 0.0115. The van der Waals surface area contributed by atoms with Crippen molar-refractivity contribution in [1.82, 2.24) is 9.55 Å². The first-order chi connectivity index (χ1) is 6.34. The first-order valence-electron chi connectivity index (χ1n) is 4.73. The molecule has 2 rings (SSSR count). The predicted molar refractivity (Wildman–Crippen MR) is 50.0 cm³/mol. The zero-order valence-electron chi connectivity index (χ0n) is 7.65. The maximum Gasteiger partial charge on any atom is 0.141 e. The number of anilines is 1. The van der Waals surface area contributed by atoms with Crippen LogP contribution in [0.2, 0.25) is 0 Å². The Morgan fingerprint density at radius 3 is 2.92 bits per heavy atom. The van der Waals surface area contributed by atoms with Crippen molar-refractivity contribution in [2.75, 3.05) is 5.73 Å². The van der Waals surface area contributed by atoms with Crippen molar-refractivity contribution < 1.29 is 4.74 Å². The second-order valence-corrected chi connectivity index (χ2v) is 3.51. The van der Waals surface area contributed by atoms with Crippen LogP contribution in [-0.4, -0.2) is 15.7 Å². The smallest absolute Gasteiger partial charge is 0.141 e. The number of hydrogen-bond donors (Lipinski definition) is 1. The van der Waals surface area contributed by atoms with E-state index < -0.39 is 0 Å². The SMILES string of the molecule is Nc1cn(COC2CCCC2)cn1. The first kappa shape index (κ1) is 8.56. The fraction of sp³-hybridized carbons (Fsp3) is 0.667. The van der Waals surface area contributed by atoms with Gasteiger partial charge in [0.25, 0.3) is 0 Å². The van der Waals surface area contributed by atoms with Crippen molar-refractivity contribution in [2.24, 2.45) is 0 Å². The Bertz CT molecular complexity index is 266. The molecule has 0 unspecified atom stereocenters. The Kier molecular flexibility index (Phi) is 2.49. The van der Waals surface area contributed by atoms with Crippen LogP contribution in [0, 0.1) is 0 Å². The molecule has 1 fully saturated rings. The van der Waals surface area contributed by atoms with Crippen molar-refractivity contribution in [1.29, 1.82) is 0 Å². The van der Waals surface area contributed by atoms with E-state index in [4.69, 9.17) is 10.5 Å². The molecule has 0 bridgehead atoms. The van der Waals surface area contributed by atoms with Crippen LogP contribution < -0.4 is 5.73 Å². The zero-order chi connectivity index (χ0) is 9.10. The summed E-state index contributed by atoms with van der Waals surface area (Å²) in [6, 6.07) is 0. The molecule has 0 saturated heterocycles. The van der Waals surface area contributed by atoms with Crippen molar-refractivity contribution in [3.8, 4) is 0 Å². The van der Waals surface area contributed by atoms with Crippen LogP contribution in [-0.2, 0) is 11.5 Å². The topological polar surface area (TPSA) is 53.1 Å². The van der Waals surface area contributed by atoms with Crippen LogP contribution in [0.3, 0.4) is 0 Å². The Labute approximate surface area is 77.7 Å². The van der Waals surface area contributed by atoms with Gasteiger partial charge in [-0.05, 0) is 12.8 Å². The van der Waals surface area contributed by atoms with Crippen molar-refractivity contribution in [2.45, 2.75) is 38.5 Å². The lowest BCUT2D eigenvalue weighted by atomic mass is 10.3. The zero-order valence-corrected chi connectivity index (χ0v) is 7.65. The number of nitrogens with zero attached hydrogens (tertiary/aromatic N) is 2. The van der Waals surface area contributed by atoms with Crippen LogP contribution in [0.4, 0.5) is 5.82 Å². The van der Waals surface area contributed by atoms with Gasteiger partial charge in [-0.15, -0.1) is 0 Å². The molecule has 4 heteroatoms. The summed E-state index contributed by atoms with van der Waals surface area (Å²) >= 11 is 0. The summed E-state index contributed by atoms with van der Waals surface area (Å²) < 4.78 is 7.54. The largest absolute Gasteiger partial charge is 0.382 e. The molecule has 0 aromatic carbocycles. The van der Waals surface area contributed by atoms with E-state index in [1.807, 2.05) is 4.57 Å². The van der Waals surface area contributed by atoms with E-state index >= 15 is 0 Å². The molecule has 1 aromatic rings. The van der Waals surface area contributed by atoms with Gasteiger partial charge in [-0.1, -0.05) is 12.8 Å². The molecule has 0 amide bonds. The lowest BCUT2D eigenvalue weighted by Crippen LogP contribution is -2.10. The minimum Gasteiger partial charge on any atom is -0.382 e. The fourth-order valence-corrected chi connectivity index (χ4v) is 1.69. The van der Waals surface area contributed by atoms with E-state index in [1.54, 1.807) is 12.5 Å². The maximum absolute atomic E-state index is 5.67. The number of aromatic nitrogens is 2. The Balaban J connectivity index is 1.78. The molecule has 13 heavy (non-hydrogen) atoms. The van der Waals surface area contributed by atoms with Gasteiger partial charge in [-0.2, -0.15) is 0 Å². The van der Waals surface area contributed by atoms with Gasteiger partial charge in [0.15, 0.2) is 0 Å². The lowest BCUT2D eigenvalue weighted by Gasteiger charge is -2.10. The molecule has 1 aromatic heterocycles. The minimum absolute atomic E-state index is 0.448. The average Bonchev–Trinajstić information content (AvgIpc) is 2.71. The number of nitrogen functional groups attached to an aromatic ring is 1. The Hall–Kier alpha value is -1.03. The molecule has 2 N–H and O–H groups in total. The number of nitrogens with two attached hydrogens (primary N) is 1. The van der Waals surface area contributed by atoms with Gasteiger partial charge in [0.2, 0.25) is 0 Å². The second kappa shape index (κ2) is 3.79. The van der Waals surface area contributed by atoms with Gasteiger partial charge >= 0.3 is 0 Å². The van der Waals surface area contributed by atoms with Crippen LogP contribution in [0.1, 0.15) is 25.7 Å². The van der Waals surface area contributed by atoms with Gasteiger partial charge in [0, 0.05) is 6.20 Å². The summed E-state index contributed by atoms with van der Waals surface area (Å²) in [7, 11) is 0. The summed E-state index contributed by atoms with van der Waals surface area (Å²) in [6.07, 6.45) is 8.93. The third-order valence-electron chi connectivity index (χ3n) is 2.41. The summed E-state index contributed by atoms with van der Waals surface area (Å²) in [5.41, 5.74) is 5.47. The molecule has 1 saturated carbocycles. The standard InChI is InChI=1S/C9H15N3O/c10-9-5-12(6-11-9)7-13-8-3-1-2-4-8/h5-6,8H,1-4,7,10H2. The first-order valence-corrected chi connectivity index (χ1v) is 4.73. The second-order valence-electron chi connectivity index (χ2n) is 3.51. The molecule has 1 aliphatic carbocycles.